The summed E-state index contributed by atoms with van der Waals surface area (Å²) in [6.45, 7) is 8.36. The molecule has 0 aromatic rings. The van der Waals surface area contributed by atoms with Gasteiger partial charge in [-0.15, -0.1) is 0 Å². The van der Waals surface area contributed by atoms with E-state index in [1.54, 1.807) is 0 Å². The third-order valence-electron chi connectivity index (χ3n) is 2.81. The van der Waals surface area contributed by atoms with Gasteiger partial charge in [-0.2, -0.15) is 0 Å². The molecule has 2 nitrogen and oxygen atoms in total. The lowest BCUT2D eigenvalue weighted by molar-refractivity contribution is 0.195. The molecule has 0 amide bonds. The molecule has 0 spiro atoms. The van der Waals surface area contributed by atoms with Gasteiger partial charge in [0, 0.05) is 13.2 Å². The van der Waals surface area contributed by atoms with Crippen molar-refractivity contribution in [2.75, 3.05) is 13.2 Å². The van der Waals surface area contributed by atoms with Crippen LogP contribution in [0, 0.1) is 0 Å². The van der Waals surface area contributed by atoms with Gasteiger partial charge in [-0.1, -0.05) is 59.3 Å². The van der Waals surface area contributed by atoms with E-state index < -0.39 is 9.28 Å². The summed E-state index contributed by atoms with van der Waals surface area (Å²) in [6, 6.07) is 1.20. The van der Waals surface area contributed by atoms with Crippen molar-refractivity contribution >= 4 is 9.28 Å². The maximum absolute atomic E-state index is 5.84. The van der Waals surface area contributed by atoms with Crippen molar-refractivity contribution < 1.29 is 8.85 Å². The van der Waals surface area contributed by atoms with Gasteiger partial charge in [0.1, 0.15) is 0 Å². The molecule has 0 atom stereocenters. The van der Waals surface area contributed by atoms with E-state index >= 15 is 0 Å². The van der Waals surface area contributed by atoms with Crippen molar-refractivity contribution in [1.29, 1.82) is 0 Å². The second-order valence-corrected chi connectivity index (χ2v) is 6.83. The Kier molecular flexibility index (Phi) is 14.3. The molecule has 0 saturated carbocycles. The van der Waals surface area contributed by atoms with Crippen molar-refractivity contribution in [1.82, 2.24) is 0 Å². The van der Waals surface area contributed by atoms with E-state index in [1.807, 2.05) is 0 Å². The Balaban J connectivity index is 3.45. The molecule has 0 aromatic carbocycles. The van der Waals surface area contributed by atoms with Crippen LogP contribution in [0.3, 0.4) is 0 Å². The zero-order chi connectivity index (χ0) is 12.8. The molecule has 0 N–H and O–H groups in total. The van der Waals surface area contributed by atoms with E-state index in [2.05, 4.69) is 20.8 Å². The zero-order valence-corrected chi connectivity index (χ0v) is 13.3. The second-order valence-electron chi connectivity index (χ2n) is 4.73. The summed E-state index contributed by atoms with van der Waals surface area (Å²) in [4.78, 5) is 0. The van der Waals surface area contributed by atoms with Gasteiger partial charge in [0.15, 0.2) is 0 Å². The van der Waals surface area contributed by atoms with Crippen LogP contribution in [0.15, 0.2) is 0 Å². The first-order valence-electron chi connectivity index (χ1n) is 7.58. The first kappa shape index (κ1) is 17.1. The predicted octanol–water partition coefficient (Wildman–Crippen LogP) is 4.42. The second kappa shape index (κ2) is 14.2. The fourth-order valence-electron chi connectivity index (χ4n) is 1.80. The lowest BCUT2D eigenvalue weighted by Gasteiger charge is -2.15. The van der Waals surface area contributed by atoms with E-state index in [4.69, 9.17) is 8.85 Å². The van der Waals surface area contributed by atoms with Crippen LogP contribution in [0.5, 0.6) is 0 Å². The van der Waals surface area contributed by atoms with E-state index in [0.717, 1.165) is 26.1 Å². The molecule has 0 saturated heterocycles. The maximum atomic E-state index is 5.84. The molecule has 0 aromatic heterocycles. The molecule has 0 aliphatic rings. The van der Waals surface area contributed by atoms with Gasteiger partial charge >= 0.3 is 9.28 Å². The van der Waals surface area contributed by atoms with Gasteiger partial charge in [-0.05, 0) is 18.9 Å². The Morgan fingerprint density at radius 2 is 1.18 bits per heavy atom. The van der Waals surface area contributed by atoms with Gasteiger partial charge in [0.2, 0.25) is 0 Å². The fourth-order valence-corrected chi connectivity index (χ4v) is 3.85. The van der Waals surface area contributed by atoms with Crippen molar-refractivity contribution in [3.63, 3.8) is 0 Å². The van der Waals surface area contributed by atoms with Gasteiger partial charge in [0.25, 0.3) is 0 Å². The van der Waals surface area contributed by atoms with Crippen molar-refractivity contribution in [2.24, 2.45) is 0 Å². The van der Waals surface area contributed by atoms with E-state index in [0.29, 0.717) is 0 Å². The summed E-state index contributed by atoms with van der Waals surface area (Å²) < 4.78 is 11.7. The summed E-state index contributed by atoms with van der Waals surface area (Å²) in [6.07, 6.45) is 10.4. The number of rotatable bonds is 13. The minimum absolute atomic E-state index is 0.885. The Morgan fingerprint density at radius 1 is 0.647 bits per heavy atom. The predicted molar refractivity (Wildman–Crippen MR) is 77.8 cm³/mol. The van der Waals surface area contributed by atoms with Crippen LogP contribution in [0.2, 0.25) is 6.04 Å². The van der Waals surface area contributed by atoms with E-state index in [-0.39, 0.29) is 0 Å². The molecule has 0 bridgehead atoms. The molecule has 0 aliphatic heterocycles. The molecule has 3 heteroatoms. The van der Waals surface area contributed by atoms with Gasteiger partial charge in [-0.25, -0.2) is 0 Å². The van der Waals surface area contributed by atoms with Gasteiger partial charge < -0.3 is 8.85 Å². The average Bonchev–Trinajstić information content (AvgIpc) is 2.35. The Morgan fingerprint density at radius 3 is 1.71 bits per heavy atom. The van der Waals surface area contributed by atoms with Crippen molar-refractivity contribution in [2.45, 2.75) is 78.2 Å². The minimum Gasteiger partial charge on any atom is -0.397 e. The van der Waals surface area contributed by atoms with Crippen LogP contribution in [-0.4, -0.2) is 22.5 Å². The summed E-state index contributed by atoms with van der Waals surface area (Å²) in [7, 11) is -1.33. The Hall–Kier alpha value is 0.137. The smallest absolute Gasteiger partial charge is 0.321 e. The molecular formula is C14H32O2Si. The van der Waals surface area contributed by atoms with E-state index in [1.165, 1.54) is 44.6 Å². The Labute approximate surface area is 110 Å². The summed E-state index contributed by atoms with van der Waals surface area (Å²) in [5.74, 6) is 0. The van der Waals surface area contributed by atoms with Gasteiger partial charge in [0.05, 0.1) is 0 Å². The van der Waals surface area contributed by atoms with Crippen molar-refractivity contribution in [3.8, 4) is 0 Å². The minimum atomic E-state index is -1.33. The topological polar surface area (TPSA) is 18.5 Å². The van der Waals surface area contributed by atoms with E-state index in [9.17, 15) is 0 Å². The third kappa shape index (κ3) is 12.4. The van der Waals surface area contributed by atoms with Crippen LogP contribution in [0.1, 0.15) is 72.1 Å². The first-order chi connectivity index (χ1) is 8.35. The molecule has 17 heavy (non-hydrogen) atoms. The zero-order valence-electron chi connectivity index (χ0n) is 12.2. The Bertz CT molecular complexity index is 134. The van der Waals surface area contributed by atoms with Crippen LogP contribution in [-0.2, 0) is 8.85 Å². The molecule has 104 valence electrons. The molecule has 0 rings (SSSR count). The number of unbranched alkanes of at least 4 members (excludes halogenated alkanes) is 5. The summed E-state index contributed by atoms with van der Waals surface area (Å²) in [5, 5.41) is 0. The van der Waals surface area contributed by atoms with Crippen molar-refractivity contribution in [3.05, 3.63) is 0 Å². The summed E-state index contributed by atoms with van der Waals surface area (Å²) >= 11 is 0. The largest absolute Gasteiger partial charge is 0.397 e. The highest BCUT2D eigenvalue weighted by Crippen LogP contribution is 2.10. The van der Waals surface area contributed by atoms with Crippen LogP contribution >= 0.6 is 0 Å². The molecule has 0 aliphatic carbocycles. The number of hydrogen-bond acceptors (Lipinski definition) is 2. The SMILES string of the molecule is CCCCCCCC[SiH](OCCC)OCCC. The molecule has 0 fully saturated rings. The maximum Gasteiger partial charge on any atom is 0.321 e. The lowest BCUT2D eigenvalue weighted by atomic mass is 10.1. The number of hydrogen-bond donors (Lipinski definition) is 0. The standard InChI is InChI=1S/C14H32O2Si/c1-4-7-8-9-10-11-14-17(15-12-5-2)16-13-6-3/h17H,4-14H2,1-3H3. The molecule has 0 unspecified atom stereocenters. The molecule has 0 heterocycles. The normalized spacial score (nSPS) is 11.3. The summed E-state index contributed by atoms with van der Waals surface area (Å²) in [5.41, 5.74) is 0. The third-order valence-corrected chi connectivity index (χ3v) is 4.90. The molecular weight excluding hydrogens is 228 g/mol. The van der Waals surface area contributed by atoms with Crippen LogP contribution in [0.4, 0.5) is 0 Å². The lowest BCUT2D eigenvalue weighted by Crippen LogP contribution is -2.23. The van der Waals surface area contributed by atoms with Gasteiger partial charge in [-0.3, -0.25) is 0 Å². The average molecular weight is 260 g/mol. The highest BCUT2D eigenvalue weighted by molar-refractivity contribution is 6.44. The van der Waals surface area contributed by atoms with Crippen LogP contribution < -0.4 is 0 Å². The monoisotopic (exact) mass is 260 g/mol. The highest BCUT2D eigenvalue weighted by Gasteiger charge is 2.11. The highest BCUT2D eigenvalue weighted by atomic mass is 28.3. The fraction of sp³-hybridized carbons (Fsp3) is 1.00. The van der Waals surface area contributed by atoms with Crippen LogP contribution in [0.25, 0.3) is 0 Å². The molecule has 0 radical (unpaired) electrons. The first-order valence-corrected chi connectivity index (χ1v) is 9.34. The quantitative estimate of drug-likeness (QED) is 0.360.